The number of pyridine rings is 2. The van der Waals surface area contributed by atoms with Crippen LogP contribution in [0.5, 0.6) is 0 Å². The van der Waals surface area contributed by atoms with Gasteiger partial charge in [0, 0.05) is 18.4 Å². The highest BCUT2D eigenvalue weighted by molar-refractivity contribution is 5.57. The zero-order valence-electron chi connectivity index (χ0n) is 10.2. The van der Waals surface area contributed by atoms with Crippen LogP contribution in [0.3, 0.4) is 0 Å². The molecule has 1 fully saturated rings. The van der Waals surface area contributed by atoms with Crippen molar-refractivity contribution in [3.05, 3.63) is 53.1 Å². The maximum atomic E-state index is 12.5. The van der Waals surface area contributed by atoms with Crippen LogP contribution in [0.25, 0.3) is 11.3 Å². The van der Waals surface area contributed by atoms with E-state index >= 15 is 0 Å². The van der Waals surface area contributed by atoms with Gasteiger partial charge in [-0.25, -0.2) is 0 Å². The normalized spacial score (nSPS) is 16.0. The molecule has 2 aromatic rings. The van der Waals surface area contributed by atoms with E-state index < -0.39 is 0 Å². The third-order valence-electron chi connectivity index (χ3n) is 3.63. The van der Waals surface area contributed by atoms with E-state index in [0.717, 1.165) is 18.5 Å². The molecule has 0 bridgehead atoms. The van der Waals surface area contributed by atoms with Gasteiger partial charge in [-0.1, -0.05) is 18.9 Å². The summed E-state index contributed by atoms with van der Waals surface area (Å²) >= 11 is 0. The van der Waals surface area contributed by atoms with E-state index in [1.807, 2.05) is 41.1 Å². The smallest absolute Gasteiger partial charge is 0.260 e. The molecule has 2 aromatic heterocycles. The number of rotatable bonds is 2. The molecule has 0 unspecified atom stereocenters. The molecule has 0 saturated heterocycles. The Balaban J connectivity index is 2.07. The first-order chi connectivity index (χ1) is 8.86. The minimum atomic E-state index is 0.0862. The quantitative estimate of drug-likeness (QED) is 0.808. The molecule has 1 saturated carbocycles. The van der Waals surface area contributed by atoms with Crippen LogP contribution in [0.4, 0.5) is 0 Å². The Bertz CT molecular complexity index is 583. The topological polar surface area (TPSA) is 34.9 Å². The number of nitrogens with zero attached hydrogens (tertiary/aromatic N) is 2. The average Bonchev–Trinajstić information content (AvgIpc) is 2.94. The Morgan fingerprint density at radius 1 is 1.11 bits per heavy atom. The lowest BCUT2D eigenvalue weighted by atomic mass is 10.1. The second kappa shape index (κ2) is 4.77. The van der Waals surface area contributed by atoms with Crippen LogP contribution >= 0.6 is 0 Å². The van der Waals surface area contributed by atoms with E-state index in [-0.39, 0.29) is 5.56 Å². The zero-order chi connectivity index (χ0) is 12.4. The molecule has 3 nitrogen and oxygen atoms in total. The van der Waals surface area contributed by atoms with Crippen molar-refractivity contribution in [2.45, 2.75) is 31.7 Å². The molecule has 1 aliphatic carbocycles. The van der Waals surface area contributed by atoms with Crippen molar-refractivity contribution in [1.82, 2.24) is 9.55 Å². The molecule has 3 rings (SSSR count). The van der Waals surface area contributed by atoms with Crippen LogP contribution < -0.4 is 5.56 Å². The van der Waals surface area contributed by atoms with Gasteiger partial charge in [-0.05, 0) is 37.1 Å². The lowest BCUT2D eigenvalue weighted by molar-refractivity contribution is 0.503. The molecule has 0 aliphatic heterocycles. The van der Waals surface area contributed by atoms with Crippen molar-refractivity contribution >= 4 is 0 Å². The summed E-state index contributed by atoms with van der Waals surface area (Å²) in [4.78, 5) is 16.7. The van der Waals surface area contributed by atoms with E-state index in [1.54, 1.807) is 6.20 Å². The third-order valence-corrected chi connectivity index (χ3v) is 3.63. The second-order valence-corrected chi connectivity index (χ2v) is 4.79. The van der Waals surface area contributed by atoms with E-state index in [4.69, 9.17) is 0 Å². The minimum Gasteiger partial charge on any atom is -0.312 e. The van der Waals surface area contributed by atoms with Crippen LogP contribution in [-0.2, 0) is 0 Å². The van der Waals surface area contributed by atoms with Crippen molar-refractivity contribution in [3.8, 4) is 11.3 Å². The van der Waals surface area contributed by atoms with E-state index in [0.29, 0.717) is 11.6 Å². The van der Waals surface area contributed by atoms with Gasteiger partial charge in [0.15, 0.2) is 0 Å². The monoisotopic (exact) mass is 240 g/mol. The Hall–Kier alpha value is -1.90. The van der Waals surface area contributed by atoms with Gasteiger partial charge in [0.2, 0.25) is 0 Å². The van der Waals surface area contributed by atoms with Crippen LogP contribution in [-0.4, -0.2) is 9.55 Å². The summed E-state index contributed by atoms with van der Waals surface area (Å²) < 4.78 is 1.89. The SMILES string of the molecule is O=c1c(-c2ccccn2)cccn1C1CCCC1. The summed E-state index contributed by atoms with van der Waals surface area (Å²) in [6.45, 7) is 0. The first-order valence-corrected chi connectivity index (χ1v) is 6.49. The Labute approximate surface area is 106 Å². The second-order valence-electron chi connectivity index (χ2n) is 4.79. The molecule has 0 amide bonds. The van der Waals surface area contributed by atoms with E-state index in [9.17, 15) is 4.79 Å². The fourth-order valence-electron chi connectivity index (χ4n) is 2.70. The van der Waals surface area contributed by atoms with Gasteiger partial charge in [-0.3, -0.25) is 9.78 Å². The average molecular weight is 240 g/mol. The lowest BCUT2D eigenvalue weighted by Crippen LogP contribution is -2.24. The highest BCUT2D eigenvalue weighted by Crippen LogP contribution is 2.28. The van der Waals surface area contributed by atoms with Crippen LogP contribution in [0.15, 0.2) is 47.5 Å². The fraction of sp³-hybridized carbons (Fsp3) is 0.333. The summed E-state index contributed by atoms with van der Waals surface area (Å²) in [6.07, 6.45) is 8.32. The van der Waals surface area contributed by atoms with Crippen LogP contribution in [0, 0.1) is 0 Å². The molecule has 92 valence electrons. The summed E-state index contributed by atoms with van der Waals surface area (Å²) in [5.41, 5.74) is 1.54. The molecule has 0 N–H and O–H groups in total. The highest BCUT2D eigenvalue weighted by Gasteiger charge is 2.18. The largest absolute Gasteiger partial charge is 0.312 e. The Morgan fingerprint density at radius 2 is 1.94 bits per heavy atom. The van der Waals surface area contributed by atoms with Crippen molar-refractivity contribution in [2.24, 2.45) is 0 Å². The lowest BCUT2D eigenvalue weighted by Gasteiger charge is -2.14. The molecular weight excluding hydrogens is 224 g/mol. The van der Waals surface area contributed by atoms with Crippen LogP contribution in [0.2, 0.25) is 0 Å². The first-order valence-electron chi connectivity index (χ1n) is 6.49. The van der Waals surface area contributed by atoms with Crippen molar-refractivity contribution in [3.63, 3.8) is 0 Å². The molecule has 0 atom stereocenters. The zero-order valence-corrected chi connectivity index (χ0v) is 10.2. The summed E-state index contributed by atoms with van der Waals surface area (Å²) in [7, 11) is 0. The number of hydrogen-bond acceptors (Lipinski definition) is 2. The summed E-state index contributed by atoms with van der Waals surface area (Å²) in [5, 5.41) is 0. The van der Waals surface area contributed by atoms with Gasteiger partial charge in [0.05, 0.1) is 11.3 Å². The molecule has 18 heavy (non-hydrogen) atoms. The molecule has 0 spiro atoms. The predicted molar refractivity (Wildman–Crippen MR) is 71.4 cm³/mol. The number of hydrogen-bond donors (Lipinski definition) is 0. The van der Waals surface area contributed by atoms with Gasteiger partial charge < -0.3 is 4.57 Å². The predicted octanol–water partition coefficient (Wildman–Crippen LogP) is 3.03. The molecule has 0 aromatic carbocycles. The Morgan fingerprint density at radius 3 is 2.67 bits per heavy atom. The molecule has 2 heterocycles. The van der Waals surface area contributed by atoms with Gasteiger partial charge in [0.1, 0.15) is 0 Å². The first kappa shape index (κ1) is 11.2. The fourth-order valence-corrected chi connectivity index (χ4v) is 2.70. The van der Waals surface area contributed by atoms with Crippen molar-refractivity contribution < 1.29 is 0 Å². The molecule has 1 aliphatic rings. The van der Waals surface area contributed by atoms with Gasteiger partial charge >= 0.3 is 0 Å². The van der Waals surface area contributed by atoms with Crippen molar-refractivity contribution in [1.29, 1.82) is 0 Å². The van der Waals surface area contributed by atoms with Gasteiger partial charge in [-0.15, -0.1) is 0 Å². The minimum absolute atomic E-state index is 0.0862. The standard InChI is InChI=1S/C15H16N2O/c18-15-13(14-9-3-4-10-16-14)8-5-11-17(15)12-6-1-2-7-12/h3-5,8-12H,1-2,6-7H2. The molecule has 0 radical (unpaired) electrons. The van der Waals surface area contributed by atoms with Crippen molar-refractivity contribution in [2.75, 3.05) is 0 Å². The van der Waals surface area contributed by atoms with E-state index in [2.05, 4.69) is 4.98 Å². The maximum Gasteiger partial charge on any atom is 0.260 e. The number of aromatic nitrogens is 2. The summed E-state index contributed by atoms with van der Waals surface area (Å²) in [5.74, 6) is 0. The van der Waals surface area contributed by atoms with Gasteiger partial charge in [0.25, 0.3) is 5.56 Å². The van der Waals surface area contributed by atoms with Crippen LogP contribution in [0.1, 0.15) is 31.7 Å². The summed E-state index contributed by atoms with van der Waals surface area (Å²) in [6, 6.07) is 9.84. The Kier molecular flexibility index (Phi) is 2.97. The molecule has 3 heteroatoms. The van der Waals surface area contributed by atoms with Gasteiger partial charge in [-0.2, -0.15) is 0 Å². The third kappa shape index (κ3) is 1.96. The highest BCUT2D eigenvalue weighted by atomic mass is 16.1. The van der Waals surface area contributed by atoms with E-state index in [1.165, 1.54) is 12.8 Å². The maximum absolute atomic E-state index is 12.5. The molecular formula is C15H16N2O.